The fraction of sp³-hybridized carbons (Fsp3) is 0.462. The lowest BCUT2D eigenvalue weighted by atomic mass is 10.2. The van der Waals surface area contributed by atoms with Crippen molar-refractivity contribution in [1.82, 2.24) is 10.2 Å². The highest BCUT2D eigenvalue weighted by Gasteiger charge is 2.20. The number of rotatable bonds is 3. The number of carbonyl (C=O) groups is 1. The van der Waals surface area contributed by atoms with Gasteiger partial charge in [0, 0.05) is 31.4 Å². The van der Waals surface area contributed by atoms with Crippen molar-refractivity contribution in [2.45, 2.75) is 13.0 Å². The molecule has 2 rings (SSSR count). The Labute approximate surface area is 118 Å². The van der Waals surface area contributed by atoms with Gasteiger partial charge in [0.15, 0.2) is 0 Å². The van der Waals surface area contributed by atoms with E-state index in [-0.39, 0.29) is 24.1 Å². The van der Waals surface area contributed by atoms with E-state index in [1.165, 1.54) is 12.1 Å². The molecular weight excluding hydrogens is 269 g/mol. The van der Waals surface area contributed by atoms with Crippen molar-refractivity contribution in [2.24, 2.45) is 0 Å². The number of benzene rings is 1. The van der Waals surface area contributed by atoms with Gasteiger partial charge in [0.1, 0.15) is 5.82 Å². The monoisotopic (exact) mass is 287 g/mol. The molecule has 0 radical (unpaired) electrons. The van der Waals surface area contributed by atoms with Gasteiger partial charge in [-0.3, -0.25) is 9.69 Å². The van der Waals surface area contributed by atoms with E-state index in [1.54, 1.807) is 12.1 Å². The van der Waals surface area contributed by atoms with E-state index in [1.807, 2.05) is 0 Å². The number of hydrogen-bond acceptors (Lipinski definition) is 3. The summed E-state index contributed by atoms with van der Waals surface area (Å²) in [5.74, 6) is -0.362. The average molecular weight is 288 g/mol. The summed E-state index contributed by atoms with van der Waals surface area (Å²) in [4.78, 5) is 14.0. The Bertz CT molecular complexity index is 413. The fourth-order valence-corrected chi connectivity index (χ4v) is 2.04. The minimum Gasteiger partial charge on any atom is -0.325 e. The Balaban J connectivity index is 0.00000180. The molecule has 1 atom stereocenters. The quantitative estimate of drug-likeness (QED) is 0.885. The van der Waals surface area contributed by atoms with Crippen LogP contribution < -0.4 is 10.6 Å². The van der Waals surface area contributed by atoms with Crippen LogP contribution in [0.25, 0.3) is 0 Å². The van der Waals surface area contributed by atoms with Gasteiger partial charge in [-0.05, 0) is 31.2 Å². The molecule has 0 aliphatic carbocycles. The maximum atomic E-state index is 12.7. The van der Waals surface area contributed by atoms with Crippen LogP contribution in [0, 0.1) is 5.82 Å². The van der Waals surface area contributed by atoms with Crippen LogP contribution >= 0.6 is 12.4 Å². The van der Waals surface area contributed by atoms with Gasteiger partial charge in [0.05, 0.1) is 6.54 Å². The van der Waals surface area contributed by atoms with Crippen molar-refractivity contribution in [3.8, 4) is 0 Å². The lowest BCUT2D eigenvalue weighted by Crippen LogP contribution is -2.51. The van der Waals surface area contributed by atoms with Crippen molar-refractivity contribution >= 4 is 24.0 Å². The molecular formula is C13H19ClFN3O. The molecule has 106 valence electrons. The minimum atomic E-state index is -0.302. The molecule has 0 bridgehead atoms. The maximum absolute atomic E-state index is 12.7. The van der Waals surface area contributed by atoms with E-state index >= 15 is 0 Å². The Hall–Kier alpha value is -1.17. The third kappa shape index (κ3) is 4.78. The predicted molar refractivity (Wildman–Crippen MR) is 76.2 cm³/mol. The first-order valence-electron chi connectivity index (χ1n) is 6.15. The van der Waals surface area contributed by atoms with Crippen LogP contribution in [-0.2, 0) is 4.79 Å². The van der Waals surface area contributed by atoms with Gasteiger partial charge < -0.3 is 10.6 Å². The number of hydrogen-bond donors (Lipinski definition) is 2. The number of anilines is 1. The van der Waals surface area contributed by atoms with E-state index in [0.717, 1.165) is 19.6 Å². The Morgan fingerprint density at radius 3 is 2.79 bits per heavy atom. The van der Waals surface area contributed by atoms with Crippen LogP contribution in [0.2, 0.25) is 0 Å². The van der Waals surface area contributed by atoms with E-state index in [2.05, 4.69) is 22.5 Å². The molecule has 2 N–H and O–H groups in total. The van der Waals surface area contributed by atoms with Crippen LogP contribution in [-0.4, -0.2) is 43.0 Å². The molecule has 1 heterocycles. The summed E-state index contributed by atoms with van der Waals surface area (Å²) in [6.45, 7) is 5.16. The number of halogens is 2. The fourth-order valence-electron chi connectivity index (χ4n) is 2.04. The lowest BCUT2D eigenvalue weighted by molar-refractivity contribution is -0.118. The molecule has 6 heteroatoms. The molecule has 1 aromatic carbocycles. The number of piperazine rings is 1. The molecule has 1 fully saturated rings. The first-order valence-corrected chi connectivity index (χ1v) is 6.15. The molecule has 1 amide bonds. The van der Waals surface area contributed by atoms with Crippen molar-refractivity contribution in [2.75, 3.05) is 31.5 Å². The van der Waals surface area contributed by atoms with E-state index in [0.29, 0.717) is 18.3 Å². The summed E-state index contributed by atoms with van der Waals surface area (Å²) in [6.07, 6.45) is 0. The Morgan fingerprint density at radius 2 is 2.16 bits per heavy atom. The van der Waals surface area contributed by atoms with Gasteiger partial charge in [0.25, 0.3) is 0 Å². The largest absolute Gasteiger partial charge is 0.325 e. The van der Waals surface area contributed by atoms with Gasteiger partial charge in [-0.15, -0.1) is 12.4 Å². The SMILES string of the molecule is C[C@H]1CNCCN1CC(=O)Nc1ccc(F)cc1.Cl. The van der Waals surface area contributed by atoms with Crippen molar-refractivity contribution in [3.63, 3.8) is 0 Å². The first-order chi connectivity index (χ1) is 8.65. The van der Waals surface area contributed by atoms with Crippen LogP contribution in [0.5, 0.6) is 0 Å². The van der Waals surface area contributed by atoms with Gasteiger partial charge in [-0.2, -0.15) is 0 Å². The van der Waals surface area contributed by atoms with E-state index < -0.39 is 0 Å². The summed E-state index contributed by atoms with van der Waals surface area (Å²) in [5, 5.41) is 6.05. The van der Waals surface area contributed by atoms with Gasteiger partial charge >= 0.3 is 0 Å². The molecule has 0 saturated carbocycles. The third-order valence-corrected chi connectivity index (χ3v) is 3.11. The third-order valence-electron chi connectivity index (χ3n) is 3.11. The molecule has 1 aliphatic rings. The van der Waals surface area contributed by atoms with Crippen LogP contribution in [0.1, 0.15) is 6.92 Å². The zero-order valence-electron chi connectivity index (χ0n) is 10.9. The number of nitrogens with zero attached hydrogens (tertiary/aromatic N) is 1. The second-order valence-electron chi connectivity index (χ2n) is 4.58. The second kappa shape index (κ2) is 7.43. The van der Waals surface area contributed by atoms with Gasteiger partial charge in [-0.25, -0.2) is 4.39 Å². The molecule has 0 spiro atoms. The summed E-state index contributed by atoms with van der Waals surface area (Å²) >= 11 is 0. The van der Waals surface area contributed by atoms with Crippen LogP contribution in [0.15, 0.2) is 24.3 Å². The molecule has 0 unspecified atom stereocenters. The number of nitrogens with one attached hydrogen (secondary N) is 2. The zero-order valence-corrected chi connectivity index (χ0v) is 11.7. The molecule has 1 saturated heterocycles. The summed E-state index contributed by atoms with van der Waals surface area (Å²) < 4.78 is 12.7. The highest BCUT2D eigenvalue weighted by atomic mass is 35.5. The van der Waals surface area contributed by atoms with Crippen molar-refractivity contribution in [3.05, 3.63) is 30.1 Å². The van der Waals surface area contributed by atoms with Crippen LogP contribution in [0.4, 0.5) is 10.1 Å². The average Bonchev–Trinajstić information content (AvgIpc) is 2.35. The number of carbonyl (C=O) groups excluding carboxylic acids is 1. The Kier molecular flexibility index (Phi) is 6.21. The van der Waals surface area contributed by atoms with Crippen molar-refractivity contribution < 1.29 is 9.18 Å². The van der Waals surface area contributed by atoms with E-state index in [4.69, 9.17) is 0 Å². The molecule has 1 aliphatic heterocycles. The summed E-state index contributed by atoms with van der Waals surface area (Å²) in [7, 11) is 0. The second-order valence-corrected chi connectivity index (χ2v) is 4.58. The molecule has 19 heavy (non-hydrogen) atoms. The summed E-state index contributed by atoms with van der Waals surface area (Å²) in [5.41, 5.74) is 0.629. The normalized spacial score (nSPS) is 19.6. The summed E-state index contributed by atoms with van der Waals surface area (Å²) in [6, 6.07) is 6.16. The van der Waals surface area contributed by atoms with Crippen molar-refractivity contribution in [1.29, 1.82) is 0 Å². The smallest absolute Gasteiger partial charge is 0.238 e. The van der Waals surface area contributed by atoms with E-state index in [9.17, 15) is 9.18 Å². The molecule has 1 aromatic rings. The molecule has 4 nitrogen and oxygen atoms in total. The lowest BCUT2D eigenvalue weighted by Gasteiger charge is -2.33. The first kappa shape index (κ1) is 15.9. The topological polar surface area (TPSA) is 44.4 Å². The van der Waals surface area contributed by atoms with Gasteiger partial charge in [-0.1, -0.05) is 0 Å². The maximum Gasteiger partial charge on any atom is 0.238 e. The molecule has 0 aromatic heterocycles. The number of amides is 1. The highest BCUT2D eigenvalue weighted by Crippen LogP contribution is 2.09. The zero-order chi connectivity index (χ0) is 13.0. The van der Waals surface area contributed by atoms with Gasteiger partial charge in [0.2, 0.25) is 5.91 Å². The predicted octanol–water partition coefficient (Wildman–Crippen LogP) is 1.48. The Morgan fingerprint density at radius 1 is 1.47 bits per heavy atom. The van der Waals surface area contributed by atoms with Crippen LogP contribution in [0.3, 0.4) is 0 Å². The standard InChI is InChI=1S/C13H18FN3O.ClH/c1-10-8-15-6-7-17(10)9-13(18)16-12-4-2-11(14)3-5-12;/h2-5,10,15H,6-9H2,1H3,(H,16,18);1H/t10-;/m0./s1. The highest BCUT2D eigenvalue weighted by molar-refractivity contribution is 5.92. The minimum absolute atomic E-state index is 0.